The van der Waals surface area contributed by atoms with Gasteiger partial charge in [0.05, 0.1) is 5.75 Å². The Morgan fingerprint density at radius 2 is 2.05 bits per heavy atom. The Bertz CT molecular complexity index is 529. The summed E-state index contributed by atoms with van der Waals surface area (Å²) in [5.41, 5.74) is 0.864. The summed E-state index contributed by atoms with van der Waals surface area (Å²) in [7, 11) is -3.02. The molecule has 0 fully saturated rings. The van der Waals surface area contributed by atoms with Crippen molar-refractivity contribution in [3.8, 4) is 5.75 Å². The summed E-state index contributed by atoms with van der Waals surface area (Å²) in [4.78, 5) is 0. The summed E-state index contributed by atoms with van der Waals surface area (Å²) in [5.74, 6) is 1.18. The van der Waals surface area contributed by atoms with Crippen LogP contribution in [-0.4, -0.2) is 33.6 Å². The molecule has 20 heavy (non-hydrogen) atoms. The molecule has 6 heteroatoms. The van der Waals surface area contributed by atoms with Crippen LogP contribution in [0.15, 0.2) is 18.2 Å². The lowest BCUT2D eigenvalue weighted by atomic mass is 10.1. The van der Waals surface area contributed by atoms with Crippen LogP contribution in [0.5, 0.6) is 5.75 Å². The fraction of sp³-hybridized carbons (Fsp3) is 0.571. The predicted octanol–water partition coefficient (Wildman–Crippen LogP) is 2.51. The summed E-state index contributed by atoms with van der Waals surface area (Å²) in [6.07, 6.45) is 1.19. The molecule has 0 unspecified atom stereocenters. The number of halogens is 1. The first-order valence-electron chi connectivity index (χ1n) is 6.58. The third-order valence-corrected chi connectivity index (χ3v) is 3.90. The van der Waals surface area contributed by atoms with Crippen molar-refractivity contribution in [3.05, 3.63) is 28.8 Å². The highest BCUT2D eigenvalue weighted by atomic mass is 35.5. The van der Waals surface area contributed by atoms with Crippen LogP contribution >= 0.6 is 11.6 Å². The smallest absolute Gasteiger partial charge is 0.150 e. The van der Waals surface area contributed by atoms with Gasteiger partial charge in [-0.2, -0.15) is 0 Å². The molecule has 0 spiro atoms. The second kappa shape index (κ2) is 7.86. The highest BCUT2D eigenvalue weighted by Gasteiger charge is 2.10. The molecule has 114 valence electrons. The van der Waals surface area contributed by atoms with E-state index in [1.54, 1.807) is 18.2 Å². The van der Waals surface area contributed by atoms with Crippen molar-refractivity contribution in [1.29, 1.82) is 0 Å². The van der Waals surface area contributed by atoms with Crippen molar-refractivity contribution in [2.24, 2.45) is 5.92 Å². The number of hydrogen-bond donors (Lipinski definition) is 1. The Labute approximate surface area is 126 Å². The van der Waals surface area contributed by atoms with Crippen LogP contribution in [0, 0.1) is 5.92 Å². The Kier molecular flexibility index (Phi) is 6.79. The van der Waals surface area contributed by atoms with Crippen LogP contribution in [0.4, 0.5) is 0 Å². The molecule has 0 bridgehead atoms. The molecular weight excluding hydrogens is 298 g/mol. The number of sulfone groups is 1. The van der Waals surface area contributed by atoms with Gasteiger partial charge in [-0.1, -0.05) is 31.5 Å². The van der Waals surface area contributed by atoms with Gasteiger partial charge in [0.15, 0.2) is 9.84 Å². The zero-order chi connectivity index (χ0) is 15.2. The molecule has 4 nitrogen and oxygen atoms in total. The molecule has 0 aliphatic carbocycles. The van der Waals surface area contributed by atoms with Gasteiger partial charge < -0.3 is 10.1 Å². The standard InChI is InChI=1S/C14H22ClNO3S/c1-11(2)9-16-10-12-13(15)5-4-6-14(12)19-7-8-20(3,17)18/h4-6,11,16H,7-10H2,1-3H3. The first-order valence-corrected chi connectivity index (χ1v) is 9.02. The molecule has 1 N–H and O–H groups in total. The summed E-state index contributed by atoms with van der Waals surface area (Å²) in [6.45, 7) is 5.88. The minimum Gasteiger partial charge on any atom is -0.492 e. The number of ether oxygens (including phenoxy) is 1. The van der Waals surface area contributed by atoms with Gasteiger partial charge in [-0.3, -0.25) is 0 Å². The van der Waals surface area contributed by atoms with E-state index in [0.29, 0.717) is 23.2 Å². The van der Waals surface area contributed by atoms with E-state index >= 15 is 0 Å². The van der Waals surface area contributed by atoms with E-state index in [1.165, 1.54) is 6.26 Å². The van der Waals surface area contributed by atoms with Gasteiger partial charge in [-0.25, -0.2) is 8.42 Å². The SMILES string of the molecule is CC(C)CNCc1c(Cl)cccc1OCCS(C)(=O)=O. The fourth-order valence-electron chi connectivity index (χ4n) is 1.63. The van der Waals surface area contributed by atoms with E-state index in [1.807, 2.05) is 0 Å². The van der Waals surface area contributed by atoms with Crippen molar-refractivity contribution in [2.45, 2.75) is 20.4 Å². The molecule has 0 aliphatic rings. The predicted molar refractivity (Wildman–Crippen MR) is 83.2 cm³/mol. The zero-order valence-electron chi connectivity index (χ0n) is 12.1. The molecule has 0 aliphatic heterocycles. The lowest BCUT2D eigenvalue weighted by molar-refractivity contribution is 0.336. The Morgan fingerprint density at radius 3 is 2.65 bits per heavy atom. The number of benzene rings is 1. The van der Waals surface area contributed by atoms with Crippen molar-refractivity contribution in [1.82, 2.24) is 5.32 Å². The molecule has 0 aromatic heterocycles. The number of rotatable bonds is 8. The van der Waals surface area contributed by atoms with Gasteiger partial charge >= 0.3 is 0 Å². The first-order chi connectivity index (χ1) is 9.29. The van der Waals surface area contributed by atoms with Gasteiger partial charge in [-0.05, 0) is 24.6 Å². The molecule has 0 amide bonds. The van der Waals surface area contributed by atoms with Crippen molar-refractivity contribution < 1.29 is 13.2 Å². The van der Waals surface area contributed by atoms with Gasteiger partial charge in [-0.15, -0.1) is 0 Å². The summed E-state index contributed by atoms with van der Waals surface area (Å²) in [6, 6.07) is 5.40. The van der Waals surface area contributed by atoms with Crippen LogP contribution < -0.4 is 10.1 Å². The van der Waals surface area contributed by atoms with Crippen LogP contribution in [0.3, 0.4) is 0 Å². The largest absolute Gasteiger partial charge is 0.492 e. The van der Waals surface area contributed by atoms with Gasteiger partial charge in [0.1, 0.15) is 12.4 Å². The maximum Gasteiger partial charge on any atom is 0.150 e. The lowest BCUT2D eigenvalue weighted by Crippen LogP contribution is -2.20. The molecule has 1 aromatic rings. The second-order valence-corrected chi connectivity index (χ2v) is 7.89. The highest BCUT2D eigenvalue weighted by molar-refractivity contribution is 7.90. The topological polar surface area (TPSA) is 55.4 Å². The monoisotopic (exact) mass is 319 g/mol. The maximum atomic E-state index is 11.1. The van der Waals surface area contributed by atoms with Crippen LogP contribution in [0.25, 0.3) is 0 Å². The Morgan fingerprint density at radius 1 is 1.35 bits per heavy atom. The van der Waals surface area contributed by atoms with E-state index in [4.69, 9.17) is 16.3 Å². The average molecular weight is 320 g/mol. The van der Waals surface area contributed by atoms with Crippen LogP contribution in [0.2, 0.25) is 5.02 Å². The minimum atomic E-state index is -3.02. The maximum absolute atomic E-state index is 11.1. The normalized spacial score (nSPS) is 11.8. The van der Waals surface area contributed by atoms with Gasteiger partial charge in [0, 0.05) is 23.4 Å². The third-order valence-electron chi connectivity index (χ3n) is 2.64. The van der Waals surface area contributed by atoms with Gasteiger partial charge in [0.25, 0.3) is 0 Å². The first kappa shape index (κ1) is 17.3. The summed E-state index contributed by atoms with van der Waals surface area (Å²) in [5, 5.41) is 3.93. The van der Waals surface area contributed by atoms with Crippen molar-refractivity contribution in [3.63, 3.8) is 0 Å². The quantitative estimate of drug-likeness (QED) is 0.800. The van der Waals surface area contributed by atoms with E-state index in [9.17, 15) is 8.42 Å². The Balaban J connectivity index is 2.67. The third kappa shape index (κ3) is 6.59. The molecule has 0 atom stereocenters. The fourth-order valence-corrected chi connectivity index (χ4v) is 2.25. The molecule has 1 rings (SSSR count). The second-order valence-electron chi connectivity index (χ2n) is 5.22. The molecule has 0 heterocycles. The minimum absolute atomic E-state index is 0.00161. The van der Waals surface area contributed by atoms with E-state index in [2.05, 4.69) is 19.2 Å². The van der Waals surface area contributed by atoms with E-state index < -0.39 is 9.84 Å². The van der Waals surface area contributed by atoms with E-state index in [-0.39, 0.29) is 12.4 Å². The molecular formula is C14H22ClNO3S. The average Bonchev–Trinajstić information content (AvgIpc) is 2.30. The van der Waals surface area contributed by atoms with Crippen LogP contribution in [0.1, 0.15) is 19.4 Å². The molecule has 0 saturated carbocycles. The Hall–Kier alpha value is -0.780. The molecule has 1 aromatic carbocycles. The summed E-state index contributed by atoms with van der Waals surface area (Å²) >= 11 is 6.18. The van der Waals surface area contributed by atoms with E-state index in [0.717, 1.165) is 12.1 Å². The highest BCUT2D eigenvalue weighted by Crippen LogP contribution is 2.26. The number of hydrogen-bond acceptors (Lipinski definition) is 4. The molecule has 0 saturated heterocycles. The molecule has 0 radical (unpaired) electrons. The summed E-state index contributed by atoms with van der Waals surface area (Å²) < 4.78 is 27.8. The zero-order valence-corrected chi connectivity index (χ0v) is 13.7. The van der Waals surface area contributed by atoms with Gasteiger partial charge in [0.2, 0.25) is 0 Å². The van der Waals surface area contributed by atoms with Crippen molar-refractivity contribution >= 4 is 21.4 Å². The van der Waals surface area contributed by atoms with Crippen molar-refractivity contribution in [2.75, 3.05) is 25.2 Å². The lowest BCUT2D eigenvalue weighted by Gasteiger charge is -2.14. The number of nitrogens with one attached hydrogen (secondary N) is 1. The van der Waals surface area contributed by atoms with Crippen LogP contribution in [-0.2, 0) is 16.4 Å².